The first kappa shape index (κ1) is 45.0. The number of ether oxygens (including phenoxy) is 2. The van der Waals surface area contributed by atoms with E-state index in [0.29, 0.717) is 46.5 Å². The van der Waals surface area contributed by atoms with E-state index in [1.807, 2.05) is 0 Å². The third-order valence-electron chi connectivity index (χ3n) is 12.9. The van der Waals surface area contributed by atoms with Gasteiger partial charge in [-0.25, -0.2) is 8.78 Å². The van der Waals surface area contributed by atoms with E-state index in [-0.39, 0.29) is 17.1 Å². The summed E-state index contributed by atoms with van der Waals surface area (Å²) in [4.78, 5) is 0. The van der Waals surface area contributed by atoms with Crippen molar-refractivity contribution in [3.63, 3.8) is 0 Å². The minimum atomic E-state index is -1.50. The smallest absolute Gasteiger partial charge is 0.163 e. The van der Waals surface area contributed by atoms with Gasteiger partial charge in [0.05, 0.1) is 24.2 Å². The molecule has 0 amide bonds. The van der Waals surface area contributed by atoms with Gasteiger partial charge in [0.25, 0.3) is 0 Å². The van der Waals surface area contributed by atoms with Crippen LogP contribution >= 0.6 is 0 Å². The predicted molar refractivity (Wildman–Crippen MR) is 228 cm³/mol. The first-order chi connectivity index (χ1) is 29.9. The van der Waals surface area contributed by atoms with Crippen molar-refractivity contribution in [3.05, 3.63) is 142 Å². The molecular weight excluding hydrogens is 819 g/mol. The summed E-state index contributed by atoms with van der Waals surface area (Å²) in [6, 6.07) is 26.1. The first-order valence-corrected chi connectivity index (χ1v) is 21.3. The summed E-state index contributed by atoms with van der Waals surface area (Å²) in [5, 5.41) is 81.5. The van der Waals surface area contributed by atoms with Crippen LogP contribution in [0.25, 0.3) is 21.8 Å². The second kappa shape index (κ2) is 18.5. The number of aliphatic hydroxyl groups excluding tert-OH is 8. The lowest BCUT2D eigenvalue weighted by Crippen LogP contribution is -2.56. The van der Waals surface area contributed by atoms with Crippen LogP contribution in [0.15, 0.2) is 97.3 Å². The van der Waals surface area contributed by atoms with E-state index in [2.05, 4.69) is 48.5 Å². The lowest BCUT2D eigenvalue weighted by Gasteiger charge is -2.40. The normalized spacial score (nSPS) is 28.4. The number of aliphatic hydroxyl groups is 8. The molecule has 336 valence electrons. The molecule has 10 N–H and O–H groups in total. The summed E-state index contributed by atoms with van der Waals surface area (Å²) in [5.74, 6) is 0.565. The van der Waals surface area contributed by atoms with E-state index >= 15 is 0 Å². The molecule has 2 saturated heterocycles. The average Bonchev–Trinajstić information content (AvgIpc) is 4.23. The van der Waals surface area contributed by atoms with Crippen molar-refractivity contribution < 1.29 is 64.6 Å². The highest BCUT2D eigenvalue weighted by Crippen LogP contribution is 2.42. The molecule has 5 unspecified atom stereocenters. The summed E-state index contributed by atoms with van der Waals surface area (Å²) in [7, 11) is 0. The van der Waals surface area contributed by atoms with Crippen molar-refractivity contribution in [3.8, 4) is 0 Å². The van der Waals surface area contributed by atoms with Gasteiger partial charge in [0, 0.05) is 23.2 Å². The number of benzene rings is 4. The van der Waals surface area contributed by atoms with Gasteiger partial charge in [-0.15, -0.1) is 0 Å². The Hall–Kier alpha value is -4.62. The molecule has 2 aromatic heterocycles. The Morgan fingerprint density at radius 3 is 1.19 bits per heavy atom. The number of halogens is 2. The van der Waals surface area contributed by atoms with E-state index in [1.165, 1.54) is 48.9 Å². The lowest BCUT2D eigenvalue weighted by atomic mass is 9.98. The van der Waals surface area contributed by atoms with Crippen LogP contribution in [0.1, 0.15) is 83.4 Å². The Morgan fingerprint density at radius 1 is 0.492 bits per heavy atom. The third kappa shape index (κ3) is 8.80. The van der Waals surface area contributed by atoms with E-state index in [9.17, 15) is 49.6 Å². The van der Waals surface area contributed by atoms with E-state index in [4.69, 9.17) is 9.47 Å². The number of nitrogens with zero attached hydrogens (tertiary/aromatic N) is 2. The SMILES string of the molecule is O.OCC1OC(n2cc(Cc3ccc(C4CC4)cc3)c3c(F)cccc32)C(O)C(O)C1O.OC[C@H]1O[C@@H](n2cc(Cc3ccc(C4CC4)cc3)c3c(F)cccc32)[C@H](O)[C@@H](O)[C@@H]1O. The maximum Gasteiger partial charge on any atom is 0.163 e. The number of hydrogen-bond donors (Lipinski definition) is 8. The molecule has 4 fully saturated rings. The molecule has 15 heteroatoms. The first-order valence-electron chi connectivity index (χ1n) is 21.3. The van der Waals surface area contributed by atoms with Crippen molar-refractivity contribution in [2.24, 2.45) is 0 Å². The van der Waals surface area contributed by atoms with Crippen LogP contribution in [-0.2, 0) is 22.3 Å². The Bertz CT molecular complexity index is 2330. The third-order valence-corrected chi connectivity index (χ3v) is 12.9. The fourth-order valence-electron chi connectivity index (χ4n) is 9.10. The van der Waals surface area contributed by atoms with Crippen molar-refractivity contribution in [1.82, 2.24) is 9.13 Å². The largest absolute Gasteiger partial charge is 0.412 e. The summed E-state index contributed by atoms with van der Waals surface area (Å²) >= 11 is 0. The van der Waals surface area contributed by atoms with Crippen LogP contribution < -0.4 is 0 Å². The molecule has 4 aliphatic rings. The average molecular weight is 873 g/mol. The summed E-state index contributed by atoms with van der Waals surface area (Å²) in [5.41, 5.74) is 7.22. The second-order valence-corrected chi connectivity index (χ2v) is 17.2. The molecule has 2 saturated carbocycles. The van der Waals surface area contributed by atoms with Gasteiger partial charge in [-0.2, -0.15) is 0 Å². The Balaban J connectivity index is 0.000000170. The highest BCUT2D eigenvalue weighted by Gasteiger charge is 2.46. The zero-order chi connectivity index (χ0) is 43.4. The number of fused-ring (bicyclic) bond motifs is 2. The molecule has 63 heavy (non-hydrogen) atoms. The van der Waals surface area contributed by atoms with Gasteiger partial charge in [0.2, 0.25) is 0 Å². The number of hydrogen-bond acceptors (Lipinski definition) is 10. The standard InChI is InChI=1S/2C24H26FNO5.H2O/c2*25-17-2-1-3-18-20(17)16(10-13-4-6-14(7-5-13)15-8-9-15)11-26(18)24-23(30)22(29)21(28)19(12-27)31-24;/h2*1-7,11,15,19,21-24,27-30H,8-10,12H2;1H2/t19-,21-,22+,23-,24-;;/m1../s1. The quantitative estimate of drug-likeness (QED) is 0.1000. The topological polar surface area (TPSA) is 222 Å². The van der Waals surface area contributed by atoms with Gasteiger partial charge >= 0.3 is 0 Å². The summed E-state index contributed by atoms with van der Waals surface area (Å²) in [6.45, 7) is -1.04. The van der Waals surface area contributed by atoms with Crippen LogP contribution in [0.5, 0.6) is 0 Å². The molecule has 4 heterocycles. The molecule has 2 aliphatic heterocycles. The minimum absolute atomic E-state index is 0. The van der Waals surface area contributed by atoms with Gasteiger partial charge < -0.3 is 64.9 Å². The highest BCUT2D eigenvalue weighted by molar-refractivity contribution is 5.86. The van der Waals surface area contributed by atoms with Gasteiger partial charge in [0.15, 0.2) is 12.5 Å². The molecule has 6 aromatic rings. The molecule has 10 atom stereocenters. The van der Waals surface area contributed by atoms with Gasteiger partial charge in [0.1, 0.15) is 60.5 Å². The molecule has 10 rings (SSSR count). The van der Waals surface area contributed by atoms with Crippen molar-refractivity contribution >= 4 is 21.8 Å². The lowest BCUT2D eigenvalue weighted by molar-refractivity contribution is -0.250. The zero-order valence-corrected chi connectivity index (χ0v) is 34.4. The van der Waals surface area contributed by atoms with E-state index in [0.717, 1.165) is 22.3 Å². The minimum Gasteiger partial charge on any atom is -0.412 e. The maximum atomic E-state index is 14.8. The fourth-order valence-corrected chi connectivity index (χ4v) is 9.10. The zero-order valence-electron chi connectivity index (χ0n) is 34.4. The van der Waals surface area contributed by atoms with Crippen LogP contribution in [0, 0.1) is 11.6 Å². The highest BCUT2D eigenvalue weighted by atomic mass is 19.1. The van der Waals surface area contributed by atoms with E-state index < -0.39 is 74.5 Å². The molecule has 0 radical (unpaired) electrons. The van der Waals surface area contributed by atoms with Crippen molar-refractivity contribution in [2.75, 3.05) is 13.2 Å². The van der Waals surface area contributed by atoms with Gasteiger partial charge in [-0.1, -0.05) is 60.7 Å². The summed E-state index contributed by atoms with van der Waals surface area (Å²) in [6.07, 6.45) is -3.64. The molecule has 0 bridgehead atoms. The molecule has 4 aromatic carbocycles. The Morgan fingerprint density at radius 2 is 0.857 bits per heavy atom. The summed E-state index contributed by atoms with van der Waals surface area (Å²) < 4.78 is 44.3. The maximum absolute atomic E-state index is 14.8. The monoisotopic (exact) mass is 872 g/mol. The van der Waals surface area contributed by atoms with Crippen molar-refractivity contribution in [1.29, 1.82) is 0 Å². The fraction of sp³-hybridized carbons (Fsp3) is 0.417. The van der Waals surface area contributed by atoms with Crippen LogP contribution in [0.2, 0.25) is 0 Å². The Kier molecular flexibility index (Phi) is 13.2. The molecule has 0 spiro atoms. The van der Waals surface area contributed by atoms with Crippen LogP contribution in [0.4, 0.5) is 8.78 Å². The van der Waals surface area contributed by atoms with Gasteiger partial charge in [-0.05, 0) is 108 Å². The molecule has 2 aliphatic carbocycles. The van der Waals surface area contributed by atoms with Crippen LogP contribution in [-0.4, -0.2) is 118 Å². The van der Waals surface area contributed by atoms with Gasteiger partial charge in [-0.3, -0.25) is 0 Å². The Labute approximate surface area is 361 Å². The number of rotatable bonds is 10. The predicted octanol–water partition coefficient (Wildman–Crippen LogP) is 3.62. The molecular formula is C48H54F2N2O11. The van der Waals surface area contributed by atoms with Crippen molar-refractivity contribution in [2.45, 2.75) is 112 Å². The van der Waals surface area contributed by atoms with E-state index in [1.54, 1.807) is 45.8 Å². The number of aromatic nitrogens is 2. The molecule has 13 nitrogen and oxygen atoms in total. The van der Waals surface area contributed by atoms with Crippen LogP contribution in [0.3, 0.4) is 0 Å². The second-order valence-electron chi connectivity index (χ2n) is 17.2.